The van der Waals surface area contributed by atoms with Crippen molar-refractivity contribution in [2.75, 3.05) is 19.7 Å². The van der Waals surface area contributed by atoms with Crippen LogP contribution in [0.5, 0.6) is 0 Å². The second kappa shape index (κ2) is 10.3. The smallest absolute Gasteiger partial charge is 0.248 e. The van der Waals surface area contributed by atoms with Crippen molar-refractivity contribution in [2.45, 2.75) is 48.6 Å². The number of amides is 3. The number of carbonyl (C=O) groups excluding carboxylic acids is 3. The first kappa shape index (κ1) is 27.8. The highest BCUT2D eigenvalue weighted by Gasteiger charge is 2.74. The summed E-state index contributed by atoms with van der Waals surface area (Å²) < 4.78 is 0.0113. The molecule has 4 aliphatic heterocycles. The van der Waals surface area contributed by atoms with Crippen LogP contribution in [0.25, 0.3) is 11.0 Å². The van der Waals surface area contributed by atoms with Gasteiger partial charge in [0.1, 0.15) is 18.2 Å². The van der Waals surface area contributed by atoms with Crippen molar-refractivity contribution in [1.29, 1.82) is 0 Å². The Balaban J connectivity index is 1.28. The first-order valence-corrected chi connectivity index (χ1v) is 15.5. The number of aliphatic hydroxyl groups excluding tert-OH is 1. The van der Waals surface area contributed by atoms with Gasteiger partial charge in [-0.2, -0.15) is 0 Å². The molecule has 0 aliphatic carbocycles. The quantitative estimate of drug-likeness (QED) is 0.434. The van der Waals surface area contributed by atoms with Gasteiger partial charge in [0.05, 0.1) is 34.7 Å². The summed E-state index contributed by atoms with van der Waals surface area (Å²) in [6.07, 6.45) is 8.02. The molecule has 2 saturated heterocycles. The summed E-state index contributed by atoms with van der Waals surface area (Å²) in [5.74, 6) is -2.02. The Kier molecular flexibility index (Phi) is 6.70. The number of likely N-dealkylation sites (tertiary alicyclic amines) is 1. The van der Waals surface area contributed by atoms with Gasteiger partial charge in [0.2, 0.25) is 17.7 Å². The Morgan fingerprint density at radius 1 is 0.930 bits per heavy atom. The first-order valence-electron chi connectivity index (χ1n) is 14.7. The van der Waals surface area contributed by atoms with E-state index in [1.807, 2.05) is 84.6 Å². The van der Waals surface area contributed by atoms with Crippen molar-refractivity contribution in [3.05, 3.63) is 84.5 Å². The molecule has 2 fully saturated rings. The molecule has 0 bridgehead atoms. The van der Waals surface area contributed by atoms with Gasteiger partial charge < -0.3 is 19.8 Å². The maximum atomic E-state index is 14.6. The minimum absolute atomic E-state index is 0.0904. The lowest BCUT2D eigenvalue weighted by Crippen LogP contribution is -2.56. The summed E-state index contributed by atoms with van der Waals surface area (Å²) in [6, 6.07) is 15.9. The molecular formula is C32H34N6O4S. The van der Waals surface area contributed by atoms with Gasteiger partial charge in [0, 0.05) is 24.4 Å². The Hall–Kier alpha value is -3.96. The van der Waals surface area contributed by atoms with E-state index in [0.717, 1.165) is 16.6 Å². The number of carbonyl (C=O) groups is 3. The molecule has 1 unspecified atom stereocenters. The van der Waals surface area contributed by atoms with E-state index in [2.05, 4.69) is 16.4 Å². The third-order valence-electron chi connectivity index (χ3n) is 9.34. The minimum Gasteiger partial charge on any atom is -0.394 e. The van der Waals surface area contributed by atoms with Gasteiger partial charge in [-0.15, -0.1) is 16.9 Å². The number of hydrogen-bond donors (Lipinski definition) is 1. The van der Waals surface area contributed by atoms with Crippen LogP contribution >= 0.6 is 11.8 Å². The number of aromatic nitrogens is 3. The van der Waals surface area contributed by atoms with E-state index in [9.17, 15) is 19.5 Å². The van der Waals surface area contributed by atoms with Gasteiger partial charge in [-0.25, -0.2) is 4.68 Å². The van der Waals surface area contributed by atoms with Crippen molar-refractivity contribution in [1.82, 2.24) is 29.7 Å². The molecule has 2 aromatic carbocycles. The molecule has 0 saturated carbocycles. The molecule has 11 heteroatoms. The number of thioether (sulfide) groups is 1. The zero-order valence-corrected chi connectivity index (χ0v) is 24.9. The van der Waals surface area contributed by atoms with Crippen molar-refractivity contribution in [3.63, 3.8) is 0 Å². The molecule has 1 spiro atoms. The predicted molar refractivity (Wildman–Crippen MR) is 162 cm³/mol. The maximum Gasteiger partial charge on any atom is 0.248 e. The molecule has 4 aliphatic rings. The van der Waals surface area contributed by atoms with Crippen LogP contribution in [0.2, 0.25) is 0 Å². The van der Waals surface area contributed by atoms with E-state index in [1.54, 1.807) is 33.2 Å². The third kappa shape index (κ3) is 4.23. The number of nitrogens with zero attached hydrogens (tertiary/aromatic N) is 6. The molecule has 1 aromatic heterocycles. The topological polar surface area (TPSA) is 112 Å². The van der Waals surface area contributed by atoms with E-state index >= 15 is 0 Å². The number of hydrogen-bond acceptors (Lipinski definition) is 7. The van der Waals surface area contributed by atoms with Crippen LogP contribution in [0, 0.1) is 11.8 Å². The molecule has 10 nitrogen and oxygen atoms in total. The summed E-state index contributed by atoms with van der Waals surface area (Å²) in [4.78, 5) is 48.6. The lowest BCUT2D eigenvalue weighted by Gasteiger charge is -2.38. The number of aliphatic hydroxyl groups is 1. The van der Waals surface area contributed by atoms with E-state index in [1.165, 1.54) is 0 Å². The molecule has 0 radical (unpaired) electrons. The van der Waals surface area contributed by atoms with Crippen molar-refractivity contribution < 1.29 is 19.5 Å². The SMILES string of the molecule is C[C@H](CO)N1C(=O)[C@@H]2[C@@H]3C(=O)N(Cc4ccccc4)CC=C[C@]3(C)S[C@@]23C=CCN(Cn2nnc4ccccc42)C(=O)C13. The van der Waals surface area contributed by atoms with Crippen molar-refractivity contribution in [2.24, 2.45) is 11.8 Å². The van der Waals surface area contributed by atoms with Gasteiger partial charge in [-0.1, -0.05) is 72.0 Å². The number of para-hydroxylation sites is 1. The second-order valence-electron chi connectivity index (χ2n) is 12.1. The molecule has 3 aromatic rings. The van der Waals surface area contributed by atoms with Crippen LogP contribution in [0.4, 0.5) is 0 Å². The number of benzene rings is 2. The van der Waals surface area contributed by atoms with Crippen LogP contribution in [-0.2, 0) is 27.6 Å². The minimum atomic E-state index is -0.980. The lowest BCUT2D eigenvalue weighted by molar-refractivity contribution is -0.147. The van der Waals surface area contributed by atoms with Gasteiger partial charge in [0.15, 0.2) is 0 Å². The fourth-order valence-electron chi connectivity index (χ4n) is 7.38. The highest BCUT2D eigenvalue weighted by molar-refractivity contribution is 8.02. The van der Waals surface area contributed by atoms with E-state index in [0.29, 0.717) is 19.6 Å². The fourth-order valence-corrected chi connectivity index (χ4v) is 9.52. The Labute approximate surface area is 254 Å². The average molecular weight is 599 g/mol. The Morgan fingerprint density at radius 2 is 1.65 bits per heavy atom. The van der Waals surface area contributed by atoms with Gasteiger partial charge in [-0.05, 0) is 31.5 Å². The van der Waals surface area contributed by atoms with Crippen LogP contribution in [-0.4, -0.2) is 93.8 Å². The van der Waals surface area contributed by atoms with Gasteiger partial charge >= 0.3 is 0 Å². The highest BCUT2D eigenvalue weighted by Crippen LogP contribution is 2.65. The molecule has 222 valence electrons. The molecule has 3 amide bonds. The Bertz CT molecular complexity index is 1660. The molecule has 5 heterocycles. The van der Waals surface area contributed by atoms with E-state index < -0.39 is 33.4 Å². The van der Waals surface area contributed by atoms with Crippen LogP contribution < -0.4 is 0 Å². The maximum absolute atomic E-state index is 14.6. The summed E-state index contributed by atoms with van der Waals surface area (Å²) in [6.45, 7) is 4.83. The first-order chi connectivity index (χ1) is 20.8. The van der Waals surface area contributed by atoms with Crippen molar-refractivity contribution in [3.8, 4) is 0 Å². The molecule has 7 rings (SSSR count). The largest absolute Gasteiger partial charge is 0.394 e. The average Bonchev–Trinajstić information content (AvgIpc) is 3.55. The fraction of sp³-hybridized carbons (Fsp3) is 0.406. The summed E-state index contributed by atoms with van der Waals surface area (Å²) in [5.41, 5.74) is 2.55. The van der Waals surface area contributed by atoms with Crippen LogP contribution in [0.15, 0.2) is 78.9 Å². The predicted octanol–water partition coefficient (Wildman–Crippen LogP) is 2.45. The molecule has 6 atom stereocenters. The zero-order valence-electron chi connectivity index (χ0n) is 24.1. The van der Waals surface area contributed by atoms with Crippen LogP contribution in [0.1, 0.15) is 19.4 Å². The lowest BCUT2D eigenvalue weighted by atomic mass is 9.74. The highest BCUT2D eigenvalue weighted by atomic mass is 32.2. The van der Waals surface area contributed by atoms with E-state index in [-0.39, 0.29) is 31.0 Å². The third-order valence-corrected chi connectivity index (χ3v) is 11.1. The van der Waals surface area contributed by atoms with Gasteiger partial charge in [-0.3, -0.25) is 14.4 Å². The van der Waals surface area contributed by atoms with Crippen LogP contribution in [0.3, 0.4) is 0 Å². The summed E-state index contributed by atoms with van der Waals surface area (Å²) in [5, 5.41) is 18.8. The second-order valence-corrected chi connectivity index (χ2v) is 13.9. The zero-order chi connectivity index (χ0) is 29.9. The summed E-state index contributed by atoms with van der Waals surface area (Å²) in [7, 11) is 0. The Morgan fingerprint density at radius 3 is 2.44 bits per heavy atom. The number of rotatable bonds is 6. The monoisotopic (exact) mass is 598 g/mol. The van der Waals surface area contributed by atoms with E-state index in [4.69, 9.17) is 0 Å². The summed E-state index contributed by atoms with van der Waals surface area (Å²) >= 11 is 1.54. The standard InChI is InChI=1S/C32H34N6O4S/c1-21(19-39)38-27-30(42)36(20-37-24-13-7-6-12-23(24)33-34-37)17-9-15-32(27)26(29(38)41)25-28(40)35(16-8-14-31(25,2)43-32)18-22-10-4-3-5-11-22/h3-15,21,25-27,39H,16-20H2,1-2H3/t21-,25-,26+,27?,31+,32+/m1/s1. The normalized spacial score (nSPS) is 30.8. The molecule has 1 N–H and O–H groups in total. The molecule has 43 heavy (non-hydrogen) atoms. The number of fused-ring (bicyclic) bond motifs is 3. The molecular weight excluding hydrogens is 564 g/mol. The van der Waals surface area contributed by atoms with Gasteiger partial charge in [0.25, 0.3) is 0 Å². The van der Waals surface area contributed by atoms with Crippen molar-refractivity contribution >= 4 is 40.5 Å².